The predicted molar refractivity (Wildman–Crippen MR) is 78.1 cm³/mol. The largest absolute Gasteiger partial charge is 0.280 e. The Balaban J connectivity index is 4.20. The molecule has 0 amide bonds. The summed E-state index contributed by atoms with van der Waals surface area (Å²) in [5.74, 6) is -0.412. The van der Waals surface area contributed by atoms with Gasteiger partial charge in [0.1, 0.15) is 6.34 Å². The molecule has 0 aromatic rings. The van der Waals surface area contributed by atoms with Crippen molar-refractivity contribution in [3.8, 4) is 0 Å². The van der Waals surface area contributed by atoms with E-state index < -0.39 is 0 Å². The zero-order valence-corrected chi connectivity index (χ0v) is 11.3. The first-order valence-electron chi connectivity index (χ1n) is 3.33. The van der Waals surface area contributed by atoms with Crippen LogP contribution in [0.1, 0.15) is 0 Å². The molecule has 0 spiro atoms. The maximum Gasteiger partial charge on any atom is 0.191 e. The van der Waals surface area contributed by atoms with Gasteiger partial charge in [-0.1, -0.05) is 22.6 Å². The van der Waals surface area contributed by atoms with Gasteiger partial charge in [-0.2, -0.15) is 0 Å². The molecule has 0 saturated carbocycles. The Hall–Kier alpha value is -0.450. The Bertz CT molecular complexity index is 284. The van der Waals surface area contributed by atoms with E-state index in [1.807, 2.05) is 45.2 Å². The van der Waals surface area contributed by atoms with Gasteiger partial charge in [0.25, 0.3) is 0 Å². The molecular formula is C7H7I2N5. The van der Waals surface area contributed by atoms with Crippen LogP contribution in [0.4, 0.5) is 0 Å². The van der Waals surface area contributed by atoms with Crippen molar-refractivity contribution in [3.05, 3.63) is 10.2 Å². The molecule has 0 radical (unpaired) electrons. The Kier molecular flexibility index (Phi) is 8.83. The third-order valence-electron chi connectivity index (χ3n) is 0.897. The van der Waals surface area contributed by atoms with Crippen molar-refractivity contribution in [2.45, 2.75) is 0 Å². The maximum atomic E-state index is 7.28. The van der Waals surface area contributed by atoms with E-state index in [0.29, 0.717) is 0 Å². The number of halogens is 2. The highest BCUT2D eigenvalue weighted by Gasteiger charge is 1.97. The number of allylic oxidation sites excluding steroid dienone is 1. The van der Waals surface area contributed by atoms with E-state index in [1.165, 1.54) is 16.8 Å². The molecule has 0 aliphatic heterocycles. The molecule has 0 aliphatic rings. The van der Waals surface area contributed by atoms with Crippen molar-refractivity contribution in [1.29, 1.82) is 10.8 Å². The zero-order chi connectivity index (χ0) is 10.8. The molecule has 0 aromatic carbocycles. The molecule has 5 nitrogen and oxygen atoms in total. The highest BCUT2D eigenvalue weighted by molar-refractivity contribution is 14.1. The fourth-order valence-electron chi connectivity index (χ4n) is 0.389. The lowest BCUT2D eigenvalue weighted by atomic mass is 10.5. The topological polar surface area (TPSA) is 84.8 Å². The van der Waals surface area contributed by atoms with Crippen LogP contribution in [0.3, 0.4) is 0 Å². The lowest BCUT2D eigenvalue weighted by molar-refractivity contribution is 1.40. The van der Waals surface area contributed by atoms with Gasteiger partial charge in [-0.15, -0.1) is 0 Å². The van der Waals surface area contributed by atoms with Gasteiger partial charge in [0.15, 0.2) is 11.7 Å². The van der Waals surface area contributed by atoms with Crippen molar-refractivity contribution >= 4 is 73.6 Å². The Morgan fingerprint density at radius 2 is 1.71 bits per heavy atom. The van der Waals surface area contributed by atoms with Crippen molar-refractivity contribution in [2.75, 3.05) is 0 Å². The van der Waals surface area contributed by atoms with Crippen molar-refractivity contribution in [1.82, 2.24) is 0 Å². The summed E-state index contributed by atoms with van der Waals surface area (Å²) in [5.41, 5.74) is 0. The molecular weight excluding hydrogens is 408 g/mol. The summed E-state index contributed by atoms with van der Waals surface area (Å²) < 4.78 is 3.27. The van der Waals surface area contributed by atoms with Gasteiger partial charge in [-0.25, -0.2) is 15.0 Å². The molecule has 0 bridgehead atoms. The van der Waals surface area contributed by atoms with E-state index in [1.54, 1.807) is 10.2 Å². The van der Waals surface area contributed by atoms with Crippen molar-refractivity contribution in [3.63, 3.8) is 0 Å². The minimum atomic E-state index is -0.217. The molecule has 0 rings (SSSR count). The van der Waals surface area contributed by atoms with Crippen LogP contribution >= 0.6 is 45.2 Å². The Morgan fingerprint density at radius 3 is 2.29 bits per heavy atom. The van der Waals surface area contributed by atoms with Gasteiger partial charge in [0, 0.05) is 6.21 Å². The minimum absolute atomic E-state index is 0.195. The van der Waals surface area contributed by atoms with Crippen LogP contribution in [-0.4, -0.2) is 28.4 Å². The lowest BCUT2D eigenvalue weighted by Gasteiger charge is -1.90. The molecule has 0 heterocycles. The number of rotatable bonds is 2. The number of amidine groups is 2. The maximum absolute atomic E-state index is 7.28. The van der Waals surface area contributed by atoms with Gasteiger partial charge in [-0.05, 0) is 32.7 Å². The van der Waals surface area contributed by atoms with Crippen LogP contribution in [0.5, 0.6) is 0 Å². The molecule has 0 fully saturated rings. The summed E-state index contributed by atoms with van der Waals surface area (Å²) >= 11 is 3.97. The van der Waals surface area contributed by atoms with Gasteiger partial charge >= 0.3 is 0 Å². The number of hydrogen-bond acceptors (Lipinski definition) is 2. The fourth-order valence-corrected chi connectivity index (χ4v) is 0.718. The predicted octanol–water partition coefficient (Wildman–Crippen LogP) is 2.45. The van der Waals surface area contributed by atoms with Crippen LogP contribution < -0.4 is 0 Å². The Labute approximate surface area is 109 Å². The minimum Gasteiger partial charge on any atom is -0.280 e. The van der Waals surface area contributed by atoms with Gasteiger partial charge in [-0.3, -0.25) is 10.8 Å². The number of aliphatic imine (C=N–C) groups is 3. The SMILES string of the molecule is N=C(/N=C\C=C/I)C(=N)/N=C\N=C/I. The second kappa shape index (κ2) is 9.12. The zero-order valence-electron chi connectivity index (χ0n) is 6.98. The standard InChI is InChI=1S/C7H7I2N5/c8-2-1-3-13-6(10)7(11)14-5-12-4-9/h1-5,10-11H/b2-1-,10-6?,11-7?,12-4-,13-3-,14-5-. The third-order valence-corrected chi connectivity index (χ3v) is 1.63. The molecule has 2 N–H and O–H groups in total. The highest BCUT2D eigenvalue weighted by Crippen LogP contribution is 1.85. The van der Waals surface area contributed by atoms with Crippen LogP contribution in [0.15, 0.2) is 25.1 Å². The first kappa shape index (κ1) is 13.5. The molecule has 14 heavy (non-hydrogen) atoms. The van der Waals surface area contributed by atoms with Gasteiger partial charge in [0.05, 0.1) is 4.22 Å². The first-order valence-corrected chi connectivity index (χ1v) is 5.82. The van der Waals surface area contributed by atoms with E-state index >= 15 is 0 Å². The molecule has 74 valence electrons. The van der Waals surface area contributed by atoms with Gasteiger partial charge in [0.2, 0.25) is 0 Å². The molecule has 7 heteroatoms. The number of hydrogen-bond donors (Lipinski definition) is 2. The van der Waals surface area contributed by atoms with E-state index in [0.717, 1.165) is 0 Å². The van der Waals surface area contributed by atoms with Crippen LogP contribution in [0, 0.1) is 10.8 Å². The van der Waals surface area contributed by atoms with Crippen molar-refractivity contribution in [2.24, 2.45) is 15.0 Å². The average molecular weight is 415 g/mol. The molecule has 0 unspecified atom stereocenters. The van der Waals surface area contributed by atoms with E-state index in [2.05, 4.69) is 15.0 Å². The van der Waals surface area contributed by atoms with Gasteiger partial charge < -0.3 is 0 Å². The summed E-state index contributed by atoms with van der Waals surface area (Å²) in [7, 11) is 0. The molecule has 0 saturated heterocycles. The highest BCUT2D eigenvalue weighted by atomic mass is 127. The molecule has 0 aromatic heterocycles. The second-order valence-corrected chi connectivity index (χ2v) is 3.06. The van der Waals surface area contributed by atoms with Crippen LogP contribution in [0.2, 0.25) is 0 Å². The van der Waals surface area contributed by atoms with E-state index in [4.69, 9.17) is 10.8 Å². The monoisotopic (exact) mass is 415 g/mol. The molecule has 0 aliphatic carbocycles. The number of nitrogens with one attached hydrogen (secondary N) is 2. The second-order valence-electron chi connectivity index (χ2n) is 1.79. The summed E-state index contributed by atoms with van der Waals surface area (Å²) in [4.78, 5) is 10.9. The van der Waals surface area contributed by atoms with Crippen molar-refractivity contribution < 1.29 is 0 Å². The summed E-state index contributed by atoms with van der Waals surface area (Å²) in [5, 5.41) is 14.6. The normalized spacial score (nSPS) is 12.4. The van der Waals surface area contributed by atoms with Crippen LogP contribution in [0.25, 0.3) is 0 Å². The van der Waals surface area contributed by atoms with Crippen LogP contribution in [-0.2, 0) is 0 Å². The summed E-state index contributed by atoms with van der Waals surface area (Å²) in [6.45, 7) is 0. The Morgan fingerprint density at radius 1 is 1.07 bits per heavy atom. The lowest BCUT2D eigenvalue weighted by Crippen LogP contribution is -2.05. The molecule has 0 atom stereocenters. The summed E-state index contributed by atoms with van der Waals surface area (Å²) in [6.07, 6.45) is 4.29. The first-order chi connectivity index (χ1) is 6.72. The summed E-state index contributed by atoms with van der Waals surface area (Å²) in [6, 6.07) is 0. The average Bonchev–Trinajstić information content (AvgIpc) is 2.18. The van der Waals surface area contributed by atoms with E-state index in [9.17, 15) is 0 Å². The third kappa shape index (κ3) is 7.00. The quantitative estimate of drug-likeness (QED) is 0.395. The number of nitrogens with zero attached hydrogens (tertiary/aromatic N) is 3. The smallest absolute Gasteiger partial charge is 0.191 e. The van der Waals surface area contributed by atoms with E-state index in [-0.39, 0.29) is 11.7 Å². The fraction of sp³-hybridized carbons (Fsp3) is 0.